The van der Waals surface area contributed by atoms with Crippen molar-refractivity contribution in [2.45, 2.75) is 17.8 Å². The van der Waals surface area contributed by atoms with Crippen molar-refractivity contribution < 1.29 is 35.8 Å². The molecule has 0 amide bonds. The van der Waals surface area contributed by atoms with E-state index in [0.717, 1.165) is 24.3 Å². The number of allylic oxidation sites excluding steroid dienone is 2. The monoisotopic (exact) mass is 448 g/mol. The first kappa shape index (κ1) is 21.3. The average molecular weight is 448 g/mol. The van der Waals surface area contributed by atoms with Gasteiger partial charge in [-0.05, 0) is 35.4 Å². The second-order valence-electron chi connectivity index (χ2n) is 5.96. The molecule has 0 heterocycles. The van der Waals surface area contributed by atoms with E-state index in [9.17, 15) is 26.3 Å². The number of ether oxygens (including phenoxy) is 2. The van der Waals surface area contributed by atoms with Crippen LogP contribution in [0.1, 0.15) is 11.1 Å². The van der Waals surface area contributed by atoms with Crippen LogP contribution in [0, 0.1) is 0 Å². The molecule has 152 valence electrons. The molecule has 1 aliphatic rings. The molecule has 0 aromatic heterocycles. The number of hydrogen-bond acceptors (Lipinski definition) is 4. The molecule has 29 heavy (non-hydrogen) atoms. The number of halogens is 6. The third kappa shape index (κ3) is 3.51. The van der Waals surface area contributed by atoms with Gasteiger partial charge in [0.25, 0.3) is 0 Å². The van der Waals surface area contributed by atoms with E-state index in [2.05, 4.69) is 24.4 Å². The Morgan fingerprint density at radius 3 is 1.17 bits per heavy atom. The van der Waals surface area contributed by atoms with E-state index >= 15 is 0 Å². The zero-order valence-corrected chi connectivity index (χ0v) is 15.8. The summed E-state index contributed by atoms with van der Waals surface area (Å²) in [5.74, 6) is -21.1. The minimum Gasteiger partial charge on any atom is -0.451 e. The van der Waals surface area contributed by atoms with Gasteiger partial charge in [0.05, 0.1) is 0 Å². The molecule has 0 saturated heterocycles. The molecular weight excluding hydrogens is 438 g/mol. The molecule has 2 aromatic carbocycles. The minimum absolute atomic E-state index is 0.370. The summed E-state index contributed by atoms with van der Waals surface area (Å²) in [6, 6.07) is 9.88. The van der Waals surface area contributed by atoms with E-state index < -0.39 is 29.3 Å². The molecule has 0 spiro atoms. The fourth-order valence-electron chi connectivity index (χ4n) is 2.45. The van der Waals surface area contributed by atoms with E-state index in [0.29, 0.717) is 11.1 Å². The van der Waals surface area contributed by atoms with Crippen molar-refractivity contribution in [2.75, 3.05) is 0 Å². The quantitative estimate of drug-likeness (QED) is 0.400. The second kappa shape index (κ2) is 7.42. The Bertz CT molecular complexity index is 892. The molecule has 0 saturated carbocycles. The summed E-state index contributed by atoms with van der Waals surface area (Å²) in [7, 11) is 0. The zero-order chi connectivity index (χ0) is 21.4. The summed E-state index contributed by atoms with van der Waals surface area (Å²) in [4.78, 5) is 0. The highest BCUT2D eigenvalue weighted by Gasteiger charge is 2.83. The van der Waals surface area contributed by atoms with Gasteiger partial charge in [-0.3, -0.25) is 0 Å². The summed E-state index contributed by atoms with van der Waals surface area (Å²) in [6.07, 6.45) is 0. The Balaban J connectivity index is 2.07. The van der Waals surface area contributed by atoms with Crippen molar-refractivity contribution in [1.82, 2.24) is 0 Å². The minimum atomic E-state index is -5.76. The van der Waals surface area contributed by atoms with Gasteiger partial charge in [-0.15, -0.1) is 0 Å². The van der Waals surface area contributed by atoms with E-state index in [1.54, 1.807) is 0 Å². The van der Waals surface area contributed by atoms with Crippen molar-refractivity contribution in [1.29, 1.82) is 0 Å². The van der Waals surface area contributed by atoms with Gasteiger partial charge in [0.15, 0.2) is 0 Å². The van der Waals surface area contributed by atoms with Crippen LogP contribution in [0.5, 0.6) is 11.5 Å². The highest BCUT2D eigenvalue weighted by molar-refractivity contribution is 7.79. The Kier molecular flexibility index (Phi) is 5.44. The maximum atomic E-state index is 14.3. The number of hydrogen-bond donors (Lipinski definition) is 0. The first-order chi connectivity index (χ1) is 13.5. The lowest BCUT2D eigenvalue weighted by atomic mass is 10.1. The summed E-state index contributed by atoms with van der Waals surface area (Å²) in [6.45, 7) is 0. The van der Waals surface area contributed by atoms with Gasteiger partial charge in [-0.2, -0.15) is 26.3 Å². The van der Waals surface area contributed by atoms with Gasteiger partial charge in [-0.25, -0.2) is 0 Å². The van der Waals surface area contributed by atoms with Gasteiger partial charge in [0.2, 0.25) is 11.5 Å². The number of alkyl halides is 6. The van der Waals surface area contributed by atoms with Crippen LogP contribution in [-0.4, -0.2) is 28.5 Å². The predicted molar refractivity (Wildman–Crippen MR) is 102 cm³/mol. The number of benzene rings is 2. The molecule has 0 radical (unpaired) electrons. The van der Waals surface area contributed by atoms with Crippen LogP contribution in [0.2, 0.25) is 0 Å². The third-order valence-electron chi connectivity index (χ3n) is 4.04. The topological polar surface area (TPSA) is 18.5 Å². The molecule has 0 aliphatic heterocycles. The van der Waals surface area contributed by atoms with Crippen LogP contribution < -0.4 is 9.47 Å². The van der Waals surface area contributed by atoms with Gasteiger partial charge in [-0.1, -0.05) is 48.7 Å². The van der Waals surface area contributed by atoms with Crippen molar-refractivity contribution in [3.63, 3.8) is 0 Å². The van der Waals surface area contributed by atoms with Crippen LogP contribution in [0.15, 0.2) is 60.0 Å². The fraction of sp³-hybridized carbons (Fsp3) is 0.158. The van der Waals surface area contributed by atoms with E-state index in [4.69, 9.17) is 9.47 Å². The maximum absolute atomic E-state index is 14.3. The highest BCUT2D eigenvalue weighted by Crippen LogP contribution is 2.59. The molecule has 0 unspecified atom stereocenters. The smallest absolute Gasteiger partial charge is 0.387 e. The standard InChI is InChI=1S/C19H10F6O2S2/c20-17(21)15(26-13-5-1-11(9-28)2-6-13)16(18(22,23)19(17,24)25)27-14-7-3-12(10-29)4-8-14/h1-10H. The first-order valence-corrected chi connectivity index (χ1v) is 8.83. The van der Waals surface area contributed by atoms with Crippen molar-refractivity contribution in [2.24, 2.45) is 0 Å². The predicted octanol–water partition coefficient (Wildman–Crippen LogP) is 5.97. The average Bonchev–Trinajstić information content (AvgIpc) is 2.79. The fourth-order valence-corrected chi connectivity index (χ4v) is 2.77. The normalized spacial score (nSPS) is 19.0. The third-order valence-corrected chi connectivity index (χ3v) is 4.58. The maximum Gasteiger partial charge on any atom is 0.387 e. The van der Waals surface area contributed by atoms with Crippen LogP contribution >= 0.6 is 24.4 Å². The number of rotatable bonds is 6. The Hall–Kier alpha value is -2.46. The largest absolute Gasteiger partial charge is 0.451 e. The lowest BCUT2D eigenvalue weighted by molar-refractivity contribution is -0.273. The lowest BCUT2D eigenvalue weighted by Crippen LogP contribution is -2.50. The van der Waals surface area contributed by atoms with Gasteiger partial charge in [0, 0.05) is 10.7 Å². The molecular formula is C19H10F6O2S2. The van der Waals surface area contributed by atoms with Crippen LogP contribution in [0.4, 0.5) is 26.3 Å². The van der Waals surface area contributed by atoms with Crippen molar-refractivity contribution >= 4 is 35.2 Å². The second-order valence-corrected chi connectivity index (χ2v) is 6.43. The molecule has 10 heteroatoms. The molecule has 0 N–H and O–H groups in total. The van der Waals surface area contributed by atoms with Crippen molar-refractivity contribution in [3.8, 4) is 11.5 Å². The van der Waals surface area contributed by atoms with Gasteiger partial charge in [0.1, 0.15) is 11.5 Å². The van der Waals surface area contributed by atoms with Gasteiger partial charge >= 0.3 is 17.8 Å². The van der Waals surface area contributed by atoms with Gasteiger partial charge < -0.3 is 9.47 Å². The highest BCUT2D eigenvalue weighted by atomic mass is 32.1. The summed E-state index contributed by atoms with van der Waals surface area (Å²) in [5.41, 5.74) is 1.01. The molecule has 3 rings (SSSR count). The Morgan fingerprint density at radius 1 is 0.586 bits per heavy atom. The van der Waals surface area contributed by atoms with Crippen LogP contribution in [0.25, 0.3) is 0 Å². The lowest BCUT2D eigenvalue weighted by Gasteiger charge is -2.24. The SMILES string of the molecule is FC1(F)C(Oc2ccc(C=S)cc2)=C(Oc2ccc(C=S)cc2)C(F)(F)C1(F)F. The van der Waals surface area contributed by atoms with Crippen molar-refractivity contribution in [3.05, 3.63) is 71.2 Å². The first-order valence-electron chi connectivity index (χ1n) is 7.89. The van der Waals surface area contributed by atoms with Crippen LogP contribution in [-0.2, 0) is 0 Å². The molecule has 0 bridgehead atoms. The van der Waals surface area contributed by atoms with E-state index in [1.807, 2.05) is 0 Å². The Labute approximate surface area is 171 Å². The van der Waals surface area contributed by atoms with E-state index in [1.165, 1.54) is 35.0 Å². The molecule has 2 aromatic rings. The number of thiocarbonyl (C=S) groups is 2. The molecule has 2 nitrogen and oxygen atoms in total. The summed E-state index contributed by atoms with van der Waals surface area (Å²) in [5, 5.41) is 2.54. The molecule has 0 atom stereocenters. The summed E-state index contributed by atoms with van der Waals surface area (Å²) < 4.78 is 94.3. The molecule has 0 fully saturated rings. The summed E-state index contributed by atoms with van der Waals surface area (Å²) >= 11 is 9.38. The van der Waals surface area contributed by atoms with Crippen LogP contribution in [0.3, 0.4) is 0 Å². The Morgan fingerprint density at radius 2 is 0.897 bits per heavy atom. The molecule has 1 aliphatic carbocycles. The van der Waals surface area contributed by atoms with E-state index in [-0.39, 0.29) is 11.5 Å². The zero-order valence-electron chi connectivity index (χ0n) is 14.2.